The molecular weight excluding hydrogens is 136 g/mol. The van der Waals surface area contributed by atoms with Crippen LogP contribution in [0.15, 0.2) is 0 Å². The molecular formula is C6H10S2. The summed E-state index contributed by atoms with van der Waals surface area (Å²) in [6, 6.07) is 0. The van der Waals surface area contributed by atoms with Crippen molar-refractivity contribution in [2.75, 3.05) is 11.5 Å². The lowest BCUT2D eigenvalue weighted by Gasteiger charge is -2.34. The molecule has 3 aliphatic rings. The first-order chi connectivity index (χ1) is 3.95. The topological polar surface area (TPSA) is 0 Å². The molecule has 0 aromatic carbocycles. The first-order valence-electron chi connectivity index (χ1n) is 3.18. The molecule has 0 aromatic rings. The van der Waals surface area contributed by atoms with Crippen LogP contribution in [-0.4, -0.2) is 22.0 Å². The number of hydrogen-bond acceptors (Lipinski definition) is 2. The highest BCUT2D eigenvalue weighted by Crippen LogP contribution is 2.40. The molecule has 0 aromatic heterocycles. The average molecular weight is 146 g/mol. The molecule has 2 heteroatoms. The molecule has 0 saturated carbocycles. The lowest BCUT2D eigenvalue weighted by molar-refractivity contribution is 0.685. The standard InChI is InChI=1S/C6H10S2/c1-2-6-4-7-5(1)3-8-6/h5-6H,1-4H2. The van der Waals surface area contributed by atoms with E-state index in [1.54, 1.807) is 0 Å². The van der Waals surface area contributed by atoms with E-state index < -0.39 is 0 Å². The van der Waals surface area contributed by atoms with Crippen molar-refractivity contribution in [1.29, 1.82) is 0 Å². The zero-order valence-corrected chi connectivity index (χ0v) is 6.43. The minimum atomic E-state index is 1.03. The molecule has 0 spiro atoms. The number of thioether (sulfide) groups is 2. The Morgan fingerprint density at radius 3 is 1.50 bits per heavy atom. The van der Waals surface area contributed by atoms with E-state index in [9.17, 15) is 0 Å². The van der Waals surface area contributed by atoms with Gasteiger partial charge in [0.15, 0.2) is 0 Å². The Kier molecular flexibility index (Phi) is 1.47. The Hall–Kier alpha value is 0.700. The number of fused-ring (bicyclic) bond motifs is 3. The molecule has 3 rings (SSSR count). The summed E-state index contributed by atoms with van der Waals surface area (Å²) in [5, 5.41) is 2.06. The third kappa shape index (κ3) is 0.883. The molecule has 8 heavy (non-hydrogen) atoms. The number of hydrogen-bond donors (Lipinski definition) is 0. The molecule has 2 bridgehead atoms. The molecule has 0 radical (unpaired) electrons. The highest BCUT2D eigenvalue weighted by molar-refractivity contribution is 8.07. The van der Waals surface area contributed by atoms with E-state index in [-0.39, 0.29) is 0 Å². The maximum atomic E-state index is 2.19. The van der Waals surface area contributed by atoms with Crippen LogP contribution in [0.1, 0.15) is 12.8 Å². The van der Waals surface area contributed by atoms with Gasteiger partial charge in [0.05, 0.1) is 0 Å². The van der Waals surface area contributed by atoms with Crippen LogP contribution in [0.5, 0.6) is 0 Å². The molecule has 3 aliphatic heterocycles. The van der Waals surface area contributed by atoms with Crippen LogP contribution in [0.2, 0.25) is 0 Å². The second-order valence-electron chi connectivity index (χ2n) is 2.49. The molecule has 3 heterocycles. The largest absolute Gasteiger partial charge is 0.157 e. The highest BCUT2D eigenvalue weighted by atomic mass is 32.2. The Morgan fingerprint density at radius 2 is 1.38 bits per heavy atom. The summed E-state index contributed by atoms with van der Waals surface area (Å²) in [6.45, 7) is 0. The molecule has 3 fully saturated rings. The van der Waals surface area contributed by atoms with Gasteiger partial charge in [0.1, 0.15) is 0 Å². The third-order valence-electron chi connectivity index (χ3n) is 1.85. The van der Waals surface area contributed by atoms with Crippen LogP contribution in [-0.2, 0) is 0 Å². The normalized spacial score (nSPS) is 45.0. The van der Waals surface area contributed by atoms with Gasteiger partial charge in [0, 0.05) is 22.0 Å². The van der Waals surface area contributed by atoms with E-state index in [0.29, 0.717) is 0 Å². The fourth-order valence-electron chi connectivity index (χ4n) is 1.29. The zero-order valence-electron chi connectivity index (χ0n) is 4.80. The van der Waals surface area contributed by atoms with Gasteiger partial charge >= 0.3 is 0 Å². The summed E-state index contributed by atoms with van der Waals surface area (Å²) in [4.78, 5) is 0. The lowest BCUT2D eigenvalue weighted by atomic mass is 10.2. The fraction of sp³-hybridized carbons (Fsp3) is 1.00. The predicted molar refractivity (Wildman–Crippen MR) is 41.7 cm³/mol. The highest BCUT2D eigenvalue weighted by Gasteiger charge is 2.27. The van der Waals surface area contributed by atoms with Crippen molar-refractivity contribution in [2.24, 2.45) is 0 Å². The average Bonchev–Trinajstić information content (AvgIpc) is 1.92. The first kappa shape index (κ1) is 5.48. The SMILES string of the molecule is C1CC2CSC1CS2. The quantitative estimate of drug-likeness (QED) is 0.512. The van der Waals surface area contributed by atoms with Crippen molar-refractivity contribution in [2.45, 2.75) is 23.3 Å². The maximum Gasteiger partial charge on any atom is 0.0139 e. The van der Waals surface area contributed by atoms with Crippen LogP contribution in [0.4, 0.5) is 0 Å². The van der Waals surface area contributed by atoms with Gasteiger partial charge in [-0.3, -0.25) is 0 Å². The molecule has 0 N–H and O–H groups in total. The van der Waals surface area contributed by atoms with E-state index in [2.05, 4.69) is 23.5 Å². The summed E-state index contributed by atoms with van der Waals surface area (Å²) in [5.41, 5.74) is 0. The molecule has 2 unspecified atom stereocenters. The fourth-order valence-corrected chi connectivity index (χ4v) is 4.44. The third-order valence-corrected chi connectivity index (χ3v) is 5.21. The van der Waals surface area contributed by atoms with E-state index in [1.807, 2.05) is 0 Å². The first-order valence-corrected chi connectivity index (χ1v) is 5.28. The minimum absolute atomic E-state index is 1.03. The van der Waals surface area contributed by atoms with E-state index in [0.717, 1.165) is 10.5 Å². The van der Waals surface area contributed by atoms with Gasteiger partial charge in [0.2, 0.25) is 0 Å². The molecule has 46 valence electrons. The molecule has 0 aliphatic carbocycles. The van der Waals surface area contributed by atoms with Gasteiger partial charge in [-0.25, -0.2) is 0 Å². The van der Waals surface area contributed by atoms with Crippen molar-refractivity contribution in [3.05, 3.63) is 0 Å². The summed E-state index contributed by atoms with van der Waals surface area (Å²) in [7, 11) is 0. The minimum Gasteiger partial charge on any atom is -0.157 e. The molecule has 0 amide bonds. The summed E-state index contributed by atoms with van der Waals surface area (Å²) < 4.78 is 0. The van der Waals surface area contributed by atoms with Crippen molar-refractivity contribution in [1.82, 2.24) is 0 Å². The van der Waals surface area contributed by atoms with Crippen molar-refractivity contribution < 1.29 is 0 Å². The summed E-state index contributed by atoms with van der Waals surface area (Å²) in [6.07, 6.45) is 3.00. The van der Waals surface area contributed by atoms with Crippen LogP contribution in [0, 0.1) is 0 Å². The maximum absolute atomic E-state index is 2.19. The van der Waals surface area contributed by atoms with Crippen molar-refractivity contribution in [3.63, 3.8) is 0 Å². The Morgan fingerprint density at radius 1 is 0.875 bits per heavy atom. The second kappa shape index (κ2) is 2.14. The Bertz CT molecular complexity index is 61.5. The molecule has 0 nitrogen and oxygen atoms in total. The molecule has 2 atom stereocenters. The van der Waals surface area contributed by atoms with Gasteiger partial charge in [-0.2, -0.15) is 23.5 Å². The van der Waals surface area contributed by atoms with Gasteiger partial charge in [-0.1, -0.05) is 0 Å². The van der Waals surface area contributed by atoms with E-state index in [4.69, 9.17) is 0 Å². The Labute approximate surface area is 58.8 Å². The second-order valence-corrected chi connectivity index (χ2v) is 5.15. The van der Waals surface area contributed by atoms with Gasteiger partial charge in [-0.05, 0) is 12.8 Å². The summed E-state index contributed by atoms with van der Waals surface area (Å²) >= 11 is 4.38. The van der Waals surface area contributed by atoms with Gasteiger partial charge in [-0.15, -0.1) is 0 Å². The zero-order chi connectivity index (χ0) is 5.40. The monoisotopic (exact) mass is 146 g/mol. The van der Waals surface area contributed by atoms with Crippen molar-refractivity contribution in [3.8, 4) is 0 Å². The Balaban J connectivity index is 2.03. The van der Waals surface area contributed by atoms with Crippen molar-refractivity contribution >= 4 is 23.5 Å². The van der Waals surface area contributed by atoms with Gasteiger partial charge in [0.25, 0.3) is 0 Å². The summed E-state index contributed by atoms with van der Waals surface area (Å²) in [5.74, 6) is 2.88. The predicted octanol–water partition coefficient (Wildman–Crippen LogP) is 2.00. The smallest absolute Gasteiger partial charge is 0.0139 e. The van der Waals surface area contributed by atoms with E-state index >= 15 is 0 Å². The lowest BCUT2D eigenvalue weighted by Crippen LogP contribution is -2.28. The molecule has 3 saturated heterocycles. The van der Waals surface area contributed by atoms with Gasteiger partial charge < -0.3 is 0 Å². The number of rotatable bonds is 0. The van der Waals surface area contributed by atoms with Crippen LogP contribution in [0.3, 0.4) is 0 Å². The van der Waals surface area contributed by atoms with Crippen LogP contribution in [0.25, 0.3) is 0 Å². The van der Waals surface area contributed by atoms with E-state index in [1.165, 1.54) is 24.3 Å². The van der Waals surface area contributed by atoms with Crippen LogP contribution >= 0.6 is 23.5 Å². The van der Waals surface area contributed by atoms with Crippen LogP contribution < -0.4 is 0 Å².